The Balaban J connectivity index is 1.52. The van der Waals surface area contributed by atoms with Crippen LogP contribution in [0.4, 0.5) is 5.69 Å². The molecule has 0 atom stereocenters. The smallest absolute Gasteiger partial charge is 0.259 e. The van der Waals surface area contributed by atoms with Gasteiger partial charge in [0.05, 0.1) is 11.8 Å². The van der Waals surface area contributed by atoms with Gasteiger partial charge in [0.1, 0.15) is 11.5 Å². The van der Waals surface area contributed by atoms with Crippen LogP contribution in [0.1, 0.15) is 34.3 Å². The number of carbonyl (C=O) groups is 1. The van der Waals surface area contributed by atoms with Gasteiger partial charge < -0.3 is 15.2 Å². The maximum Gasteiger partial charge on any atom is 0.259 e. The number of aromatic hydroxyl groups is 1. The lowest BCUT2D eigenvalue weighted by atomic mass is 9.90. The lowest BCUT2D eigenvalue weighted by Crippen LogP contribution is -2.14. The zero-order valence-electron chi connectivity index (χ0n) is 14.7. The number of anilines is 1. The van der Waals surface area contributed by atoms with Crippen molar-refractivity contribution in [3.05, 3.63) is 71.7 Å². The highest BCUT2D eigenvalue weighted by atomic mass is 16.5. The predicted octanol–water partition coefficient (Wildman–Crippen LogP) is 4.11. The van der Waals surface area contributed by atoms with Gasteiger partial charge in [-0.05, 0) is 61.1 Å². The van der Waals surface area contributed by atoms with E-state index in [1.54, 1.807) is 48.8 Å². The number of aromatic nitrogens is 2. The highest BCUT2D eigenvalue weighted by molar-refractivity contribution is 6.06. The molecule has 6 heteroatoms. The van der Waals surface area contributed by atoms with Crippen molar-refractivity contribution >= 4 is 11.6 Å². The standard InChI is InChI=1S/C21H19N3O3/c25-19-11-15-5-2-1-4-14(15)10-18(19)21(26)24-16-6-3-7-17(12-16)27-20-13-22-8-9-23-20/h3,6-13,25H,1-2,4-5H2,(H,24,26). The molecule has 1 aromatic heterocycles. The highest BCUT2D eigenvalue weighted by Crippen LogP contribution is 2.29. The van der Waals surface area contributed by atoms with Gasteiger partial charge in [0, 0.05) is 24.1 Å². The summed E-state index contributed by atoms with van der Waals surface area (Å²) in [6.07, 6.45) is 8.74. The summed E-state index contributed by atoms with van der Waals surface area (Å²) in [6, 6.07) is 10.5. The minimum Gasteiger partial charge on any atom is -0.507 e. The zero-order chi connectivity index (χ0) is 18.6. The van der Waals surface area contributed by atoms with Crippen LogP contribution in [-0.4, -0.2) is 21.0 Å². The summed E-state index contributed by atoms with van der Waals surface area (Å²) < 4.78 is 5.63. The van der Waals surface area contributed by atoms with Gasteiger partial charge in [-0.15, -0.1) is 0 Å². The normalized spacial score (nSPS) is 12.9. The number of hydrogen-bond acceptors (Lipinski definition) is 5. The lowest BCUT2D eigenvalue weighted by Gasteiger charge is -2.17. The van der Waals surface area contributed by atoms with Crippen LogP contribution in [0.2, 0.25) is 0 Å². The van der Waals surface area contributed by atoms with Gasteiger partial charge in [-0.3, -0.25) is 9.78 Å². The van der Waals surface area contributed by atoms with Crippen molar-refractivity contribution in [3.63, 3.8) is 0 Å². The summed E-state index contributed by atoms with van der Waals surface area (Å²) in [5.41, 5.74) is 3.13. The molecule has 1 amide bonds. The third-order valence-corrected chi connectivity index (χ3v) is 4.56. The zero-order valence-corrected chi connectivity index (χ0v) is 14.7. The first kappa shape index (κ1) is 17.0. The number of carbonyl (C=O) groups excluding carboxylic acids is 1. The molecular formula is C21H19N3O3. The fourth-order valence-corrected chi connectivity index (χ4v) is 3.25. The Hall–Kier alpha value is -3.41. The minimum absolute atomic E-state index is 0.0140. The van der Waals surface area contributed by atoms with E-state index in [1.165, 1.54) is 6.20 Å². The summed E-state index contributed by atoms with van der Waals surface area (Å²) in [4.78, 5) is 20.7. The molecule has 0 radical (unpaired) electrons. The molecule has 0 unspecified atom stereocenters. The topological polar surface area (TPSA) is 84.3 Å². The first-order valence-electron chi connectivity index (χ1n) is 8.89. The quantitative estimate of drug-likeness (QED) is 0.731. The van der Waals surface area contributed by atoms with Gasteiger partial charge in [-0.25, -0.2) is 4.98 Å². The van der Waals surface area contributed by atoms with Crippen LogP contribution >= 0.6 is 0 Å². The lowest BCUT2D eigenvalue weighted by molar-refractivity contribution is 0.102. The van der Waals surface area contributed by atoms with Crippen molar-refractivity contribution in [1.29, 1.82) is 0 Å². The third-order valence-electron chi connectivity index (χ3n) is 4.56. The molecule has 136 valence electrons. The first-order valence-corrected chi connectivity index (χ1v) is 8.89. The Bertz CT molecular complexity index is 974. The number of benzene rings is 2. The van der Waals surface area contributed by atoms with E-state index in [4.69, 9.17) is 4.74 Å². The number of phenolic OH excluding ortho intramolecular Hbond substituents is 1. The number of nitrogens with one attached hydrogen (secondary N) is 1. The van der Waals surface area contributed by atoms with Crippen LogP contribution in [0.5, 0.6) is 17.4 Å². The summed E-state index contributed by atoms with van der Waals surface area (Å²) >= 11 is 0. The number of fused-ring (bicyclic) bond motifs is 1. The molecular weight excluding hydrogens is 342 g/mol. The summed E-state index contributed by atoms with van der Waals surface area (Å²) in [7, 11) is 0. The SMILES string of the molecule is O=C(Nc1cccc(Oc2cnccn2)c1)c1cc2c(cc1O)CCCC2. The number of nitrogens with zero attached hydrogens (tertiary/aromatic N) is 2. The monoisotopic (exact) mass is 361 g/mol. The van der Waals surface area contributed by atoms with Crippen LogP contribution < -0.4 is 10.1 Å². The number of hydrogen-bond donors (Lipinski definition) is 2. The van der Waals surface area contributed by atoms with E-state index in [0.29, 0.717) is 17.3 Å². The second kappa shape index (κ2) is 7.45. The molecule has 0 spiro atoms. The molecule has 0 aliphatic heterocycles. The van der Waals surface area contributed by atoms with Gasteiger partial charge in [-0.2, -0.15) is 0 Å². The molecule has 0 fully saturated rings. The first-order chi connectivity index (χ1) is 13.2. The Morgan fingerprint density at radius 2 is 1.89 bits per heavy atom. The molecule has 6 nitrogen and oxygen atoms in total. The van der Waals surface area contributed by atoms with Crippen molar-refractivity contribution in [1.82, 2.24) is 9.97 Å². The van der Waals surface area contributed by atoms with E-state index < -0.39 is 0 Å². The van der Waals surface area contributed by atoms with Crippen molar-refractivity contribution in [2.24, 2.45) is 0 Å². The molecule has 1 aliphatic carbocycles. The molecule has 4 rings (SSSR count). The Morgan fingerprint density at radius 3 is 2.67 bits per heavy atom. The van der Waals surface area contributed by atoms with E-state index in [-0.39, 0.29) is 17.2 Å². The third kappa shape index (κ3) is 3.89. The molecule has 1 aliphatic rings. The van der Waals surface area contributed by atoms with E-state index in [2.05, 4.69) is 15.3 Å². The van der Waals surface area contributed by atoms with Gasteiger partial charge >= 0.3 is 0 Å². The summed E-state index contributed by atoms with van der Waals surface area (Å²) in [5.74, 6) is 0.564. The maximum absolute atomic E-state index is 12.7. The van der Waals surface area contributed by atoms with Gasteiger partial charge in [0.2, 0.25) is 5.88 Å². The Labute approximate surface area is 156 Å². The molecule has 0 saturated carbocycles. The number of amides is 1. The van der Waals surface area contributed by atoms with E-state index in [0.717, 1.165) is 36.8 Å². The largest absolute Gasteiger partial charge is 0.507 e. The average molecular weight is 361 g/mol. The van der Waals surface area contributed by atoms with Crippen molar-refractivity contribution in [2.45, 2.75) is 25.7 Å². The van der Waals surface area contributed by atoms with Crippen LogP contribution in [0.15, 0.2) is 55.0 Å². The number of rotatable bonds is 4. The Morgan fingerprint density at radius 1 is 1.07 bits per heavy atom. The molecule has 27 heavy (non-hydrogen) atoms. The minimum atomic E-state index is -0.350. The Kier molecular flexibility index (Phi) is 4.70. The second-order valence-electron chi connectivity index (χ2n) is 6.47. The van der Waals surface area contributed by atoms with E-state index >= 15 is 0 Å². The number of ether oxygens (including phenoxy) is 1. The molecule has 2 N–H and O–H groups in total. The van der Waals surface area contributed by atoms with Gasteiger partial charge in [0.15, 0.2) is 0 Å². The van der Waals surface area contributed by atoms with E-state index in [1.807, 2.05) is 0 Å². The molecule has 1 heterocycles. The fraction of sp³-hybridized carbons (Fsp3) is 0.190. The van der Waals surface area contributed by atoms with Crippen molar-refractivity contribution in [3.8, 4) is 17.4 Å². The van der Waals surface area contributed by atoms with Crippen molar-refractivity contribution < 1.29 is 14.6 Å². The number of phenols is 1. The van der Waals surface area contributed by atoms with Crippen molar-refractivity contribution in [2.75, 3.05) is 5.32 Å². The van der Waals surface area contributed by atoms with Gasteiger partial charge in [-0.1, -0.05) is 6.07 Å². The maximum atomic E-state index is 12.7. The summed E-state index contributed by atoms with van der Waals surface area (Å²) in [6.45, 7) is 0. The highest BCUT2D eigenvalue weighted by Gasteiger charge is 2.17. The summed E-state index contributed by atoms with van der Waals surface area (Å²) in [5, 5.41) is 13.1. The molecule has 3 aromatic rings. The molecule has 2 aromatic carbocycles. The predicted molar refractivity (Wildman–Crippen MR) is 101 cm³/mol. The molecule has 0 saturated heterocycles. The average Bonchev–Trinajstić information content (AvgIpc) is 2.68. The van der Waals surface area contributed by atoms with Crippen LogP contribution in [0.3, 0.4) is 0 Å². The van der Waals surface area contributed by atoms with Crippen LogP contribution in [-0.2, 0) is 12.8 Å². The fourth-order valence-electron chi connectivity index (χ4n) is 3.25. The van der Waals surface area contributed by atoms with Crippen LogP contribution in [0, 0.1) is 0 Å². The van der Waals surface area contributed by atoms with Gasteiger partial charge in [0.25, 0.3) is 5.91 Å². The second-order valence-corrected chi connectivity index (χ2v) is 6.47. The van der Waals surface area contributed by atoms with E-state index in [9.17, 15) is 9.90 Å². The van der Waals surface area contributed by atoms with Crippen LogP contribution in [0.25, 0.3) is 0 Å². The molecule has 0 bridgehead atoms. The number of aryl methyl sites for hydroxylation is 2.